The van der Waals surface area contributed by atoms with E-state index in [9.17, 15) is 4.79 Å². The van der Waals surface area contributed by atoms with Crippen LogP contribution in [0, 0.1) is 5.41 Å². The second kappa shape index (κ2) is 2.06. The van der Waals surface area contributed by atoms with Gasteiger partial charge in [0.2, 0.25) is 0 Å². The summed E-state index contributed by atoms with van der Waals surface area (Å²) in [6.45, 7) is 2.05. The number of hydrogen-bond acceptors (Lipinski definition) is 2. The molecule has 1 saturated heterocycles. The van der Waals surface area contributed by atoms with Gasteiger partial charge in [0.1, 0.15) is 11.4 Å². The van der Waals surface area contributed by atoms with Gasteiger partial charge in [0.05, 0.1) is 11.5 Å². The average Bonchev–Trinajstić information content (AvgIpc) is 2.79. The Labute approximate surface area is 78.0 Å². The molecule has 2 fully saturated rings. The molecule has 3 rings (SSSR count). The summed E-state index contributed by atoms with van der Waals surface area (Å²) in [4.78, 5) is 11.9. The number of hydrogen-bond donors (Lipinski definition) is 0. The summed E-state index contributed by atoms with van der Waals surface area (Å²) in [6.07, 6.45) is 8.36. The minimum absolute atomic E-state index is 0.0862. The summed E-state index contributed by atoms with van der Waals surface area (Å²) in [7, 11) is 0. The molecule has 3 aliphatic rings. The predicted molar refractivity (Wildman–Crippen MR) is 48.3 cm³/mol. The monoisotopic (exact) mass is 178 g/mol. The van der Waals surface area contributed by atoms with Crippen LogP contribution in [0.4, 0.5) is 0 Å². The van der Waals surface area contributed by atoms with E-state index in [0.717, 1.165) is 25.7 Å². The number of Topliss-reactive ketones (excluding diaryl/α,β-unsaturated/α-hetero) is 1. The maximum Gasteiger partial charge on any atom is 0.145 e. The molecule has 0 amide bonds. The van der Waals surface area contributed by atoms with Gasteiger partial charge in [-0.1, -0.05) is 12.2 Å². The number of carbonyl (C=O) groups excluding carboxylic acids is 1. The Kier molecular flexibility index (Phi) is 1.23. The summed E-state index contributed by atoms with van der Waals surface area (Å²) in [5.41, 5.74) is -0.384. The van der Waals surface area contributed by atoms with Gasteiger partial charge >= 0.3 is 0 Å². The fourth-order valence-electron chi connectivity index (χ4n) is 3.06. The van der Waals surface area contributed by atoms with Crippen molar-refractivity contribution in [2.24, 2.45) is 5.41 Å². The van der Waals surface area contributed by atoms with Crippen molar-refractivity contribution in [3.63, 3.8) is 0 Å². The molecular formula is C11H14O2. The summed E-state index contributed by atoms with van der Waals surface area (Å²) in [6, 6.07) is 0. The zero-order valence-corrected chi connectivity index (χ0v) is 7.88. The second-order valence-electron chi connectivity index (χ2n) is 4.61. The van der Waals surface area contributed by atoms with Crippen molar-refractivity contribution in [2.75, 3.05) is 0 Å². The molecule has 1 spiro atoms. The van der Waals surface area contributed by atoms with Gasteiger partial charge in [-0.3, -0.25) is 4.79 Å². The Bertz CT molecular complexity index is 307. The third-order valence-electron chi connectivity index (χ3n) is 4.03. The molecule has 1 aliphatic heterocycles. The van der Waals surface area contributed by atoms with Crippen molar-refractivity contribution in [2.45, 2.75) is 44.3 Å². The third kappa shape index (κ3) is 0.715. The van der Waals surface area contributed by atoms with E-state index < -0.39 is 0 Å². The number of carbonyl (C=O) groups is 1. The zero-order chi connectivity index (χ0) is 9.10. The van der Waals surface area contributed by atoms with E-state index in [1.165, 1.54) is 0 Å². The highest BCUT2D eigenvalue weighted by Crippen LogP contribution is 2.61. The van der Waals surface area contributed by atoms with Crippen LogP contribution in [-0.2, 0) is 9.53 Å². The molecule has 0 radical (unpaired) electrons. The van der Waals surface area contributed by atoms with Gasteiger partial charge in [0.15, 0.2) is 0 Å². The van der Waals surface area contributed by atoms with Crippen LogP contribution in [0.25, 0.3) is 0 Å². The lowest BCUT2D eigenvalue weighted by atomic mass is 9.62. The molecule has 2 heteroatoms. The van der Waals surface area contributed by atoms with Crippen LogP contribution in [0.15, 0.2) is 12.2 Å². The first kappa shape index (κ1) is 7.74. The van der Waals surface area contributed by atoms with Crippen molar-refractivity contribution in [3.05, 3.63) is 12.2 Å². The minimum atomic E-state index is -0.297. The molecule has 70 valence electrons. The molecule has 1 heterocycles. The van der Waals surface area contributed by atoms with Crippen molar-refractivity contribution in [1.82, 2.24) is 0 Å². The van der Waals surface area contributed by atoms with Crippen LogP contribution in [0.2, 0.25) is 0 Å². The van der Waals surface area contributed by atoms with E-state index in [1.807, 2.05) is 6.92 Å². The minimum Gasteiger partial charge on any atom is -0.364 e. The van der Waals surface area contributed by atoms with Crippen molar-refractivity contribution < 1.29 is 9.53 Å². The molecule has 3 atom stereocenters. The van der Waals surface area contributed by atoms with Crippen LogP contribution in [0.5, 0.6) is 0 Å². The molecule has 0 unspecified atom stereocenters. The first-order chi connectivity index (χ1) is 6.19. The maximum absolute atomic E-state index is 11.9. The van der Waals surface area contributed by atoms with E-state index >= 15 is 0 Å². The fraction of sp³-hybridized carbons (Fsp3) is 0.727. The molecule has 0 aromatic carbocycles. The zero-order valence-electron chi connectivity index (χ0n) is 7.88. The lowest BCUT2D eigenvalue weighted by Gasteiger charge is -2.37. The van der Waals surface area contributed by atoms with Crippen molar-refractivity contribution in [3.8, 4) is 0 Å². The maximum atomic E-state index is 11.9. The largest absolute Gasteiger partial charge is 0.364 e. The van der Waals surface area contributed by atoms with Gasteiger partial charge in [-0.05, 0) is 26.2 Å². The molecule has 0 aromatic rings. The fourth-order valence-corrected chi connectivity index (χ4v) is 3.06. The van der Waals surface area contributed by atoms with Gasteiger partial charge in [0, 0.05) is 6.42 Å². The van der Waals surface area contributed by atoms with Crippen molar-refractivity contribution >= 4 is 5.78 Å². The number of epoxide rings is 1. The Morgan fingerprint density at radius 3 is 3.23 bits per heavy atom. The van der Waals surface area contributed by atoms with Gasteiger partial charge in [-0.15, -0.1) is 0 Å². The van der Waals surface area contributed by atoms with E-state index in [1.54, 1.807) is 0 Å². The lowest BCUT2D eigenvalue weighted by Crippen LogP contribution is -2.47. The van der Waals surface area contributed by atoms with Gasteiger partial charge < -0.3 is 4.74 Å². The van der Waals surface area contributed by atoms with Gasteiger partial charge in [0.25, 0.3) is 0 Å². The molecular weight excluding hydrogens is 164 g/mol. The van der Waals surface area contributed by atoms with E-state index in [0.29, 0.717) is 11.9 Å². The van der Waals surface area contributed by atoms with Crippen LogP contribution >= 0.6 is 0 Å². The highest BCUT2D eigenvalue weighted by atomic mass is 16.6. The second-order valence-corrected chi connectivity index (χ2v) is 4.61. The molecule has 0 aromatic heterocycles. The molecule has 2 nitrogen and oxygen atoms in total. The van der Waals surface area contributed by atoms with E-state index in [4.69, 9.17) is 4.74 Å². The van der Waals surface area contributed by atoms with E-state index in [2.05, 4.69) is 12.2 Å². The van der Waals surface area contributed by atoms with Crippen LogP contribution in [0.3, 0.4) is 0 Å². The Morgan fingerprint density at radius 1 is 1.62 bits per heavy atom. The summed E-state index contributed by atoms with van der Waals surface area (Å²) in [5.74, 6) is 0.372. The quantitative estimate of drug-likeness (QED) is 0.418. The highest BCUT2D eigenvalue weighted by Gasteiger charge is 2.70. The molecule has 0 N–H and O–H groups in total. The number of rotatable bonds is 0. The highest BCUT2D eigenvalue weighted by molar-refractivity contribution is 5.89. The molecule has 0 bridgehead atoms. The normalized spacial score (nSPS) is 52.7. The molecule has 2 aliphatic carbocycles. The topological polar surface area (TPSA) is 29.6 Å². The predicted octanol–water partition coefficient (Wildman–Crippen LogP) is 1.84. The standard InChI is InChI=1S/C11H14O2/c1-10-6-3-5-9-11(10,13-9)7-2-4-8(10)12/h3,6,9H,2,4-5,7H2,1H3/t9-,10+,11-/m0/s1. The third-order valence-corrected chi connectivity index (χ3v) is 4.03. The van der Waals surface area contributed by atoms with Crippen LogP contribution in [0.1, 0.15) is 32.6 Å². The van der Waals surface area contributed by atoms with Crippen LogP contribution in [-0.4, -0.2) is 17.5 Å². The first-order valence-corrected chi connectivity index (χ1v) is 5.08. The van der Waals surface area contributed by atoms with Gasteiger partial charge in [-0.2, -0.15) is 0 Å². The summed E-state index contributed by atoms with van der Waals surface area (Å²) < 4.78 is 5.76. The average molecular weight is 178 g/mol. The number of ketones is 1. The Balaban J connectivity index is 2.09. The molecule has 1 saturated carbocycles. The Hall–Kier alpha value is -0.630. The van der Waals surface area contributed by atoms with E-state index in [-0.39, 0.29) is 11.0 Å². The number of ether oxygens (including phenoxy) is 1. The SMILES string of the molecule is C[C@]12C=CC[C@@H]3O[C@@]31CCCC2=O. The summed E-state index contributed by atoms with van der Waals surface area (Å²) >= 11 is 0. The summed E-state index contributed by atoms with van der Waals surface area (Å²) in [5, 5.41) is 0. The van der Waals surface area contributed by atoms with Gasteiger partial charge in [-0.25, -0.2) is 0 Å². The van der Waals surface area contributed by atoms with Crippen molar-refractivity contribution in [1.29, 1.82) is 0 Å². The first-order valence-electron chi connectivity index (χ1n) is 5.08. The lowest BCUT2D eigenvalue weighted by molar-refractivity contribution is -0.131. The Morgan fingerprint density at radius 2 is 2.46 bits per heavy atom. The molecule has 13 heavy (non-hydrogen) atoms. The smallest absolute Gasteiger partial charge is 0.145 e. The van der Waals surface area contributed by atoms with Crippen LogP contribution < -0.4 is 0 Å².